The molecule has 6 nitrogen and oxygen atoms in total. The summed E-state index contributed by atoms with van der Waals surface area (Å²) in [6.45, 7) is 3.98. The molecule has 1 aliphatic carbocycles. The summed E-state index contributed by atoms with van der Waals surface area (Å²) >= 11 is 0. The summed E-state index contributed by atoms with van der Waals surface area (Å²) in [6.07, 6.45) is 7.79. The zero-order valence-electron chi connectivity index (χ0n) is 13.5. The lowest BCUT2D eigenvalue weighted by Gasteiger charge is -2.23. The van der Waals surface area contributed by atoms with Gasteiger partial charge in [0.2, 0.25) is 0 Å². The summed E-state index contributed by atoms with van der Waals surface area (Å²) in [5, 5.41) is 8.71. The number of Topliss-reactive ketones (excluding diaryl/α,β-unsaturated/α-hetero) is 1. The van der Waals surface area contributed by atoms with E-state index in [1.54, 1.807) is 17.0 Å². The number of carbonyl (C=O) groups excluding carboxylic acids is 1. The Morgan fingerprint density at radius 1 is 1.38 bits per heavy atom. The molecule has 0 atom stereocenters. The molecule has 3 N–H and O–H groups in total. The number of nitrogens with zero attached hydrogens (tertiary/aromatic N) is 3. The van der Waals surface area contributed by atoms with Crippen molar-refractivity contribution in [3.05, 3.63) is 55.1 Å². The number of nitrogens with two attached hydrogens (primary N) is 1. The predicted octanol–water partition coefficient (Wildman–Crippen LogP) is 2.33. The lowest BCUT2D eigenvalue weighted by Crippen LogP contribution is -2.32. The fourth-order valence-electron chi connectivity index (χ4n) is 2.89. The van der Waals surface area contributed by atoms with Crippen molar-refractivity contribution in [2.24, 2.45) is 10.7 Å². The molecule has 0 bridgehead atoms. The molecule has 0 saturated heterocycles. The van der Waals surface area contributed by atoms with Gasteiger partial charge in [-0.3, -0.25) is 4.79 Å². The standard InChI is InChI=1S/C18H21N5O/c1-13(21-15-6-8-16(24)9-7-15)22-18(10-11-19)23-17-5-3-2-4-14(17)12-20-23/h2-5,10-12,15,21H,1,6-9,19H2/b11-10-,22-18+. The number of fused-ring (bicyclic) bond motifs is 1. The average molecular weight is 323 g/mol. The van der Waals surface area contributed by atoms with Crippen molar-refractivity contribution < 1.29 is 4.79 Å². The molecule has 0 unspecified atom stereocenters. The van der Waals surface area contributed by atoms with Gasteiger partial charge in [0.1, 0.15) is 11.6 Å². The number of nitrogens with one attached hydrogen (secondary N) is 1. The molecule has 1 fully saturated rings. The number of aromatic nitrogens is 2. The lowest BCUT2D eigenvalue weighted by atomic mass is 9.94. The van der Waals surface area contributed by atoms with Crippen LogP contribution in [-0.4, -0.2) is 27.4 Å². The molecule has 124 valence electrons. The van der Waals surface area contributed by atoms with Crippen LogP contribution in [0.2, 0.25) is 0 Å². The van der Waals surface area contributed by atoms with E-state index >= 15 is 0 Å². The fourth-order valence-corrected chi connectivity index (χ4v) is 2.89. The second-order valence-corrected chi connectivity index (χ2v) is 5.85. The molecule has 0 aliphatic heterocycles. The maximum absolute atomic E-state index is 11.3. The number of ketones is 1. The first-order valence-electron chi connectivity index (χ1n) is 8.04. The second kappa shape index (κ2) is 7.12. The van der Waals surface area contributed by atoms with Crippen LogP contribution in [0.3, 0.4) is 0 Å². The molecule has 0 amide bonds. The van der Waals surface area contributed by atoms with Crippen molar-refractivity contribution in [1.29, 1.82) is 0 Å². The van der Waals surface area contributed by atoms with Crippen molar-refractivity contribution in [3.8, 4) is 0 Å². The number of rotatable bonds is 4. The van der Waals surface area contributed by atoms with Crippen LogP contribution in [0.4, 0.5) is 0 Å². The zero-order valence-corrected chi connectivity index (χ0v) is 13.5. The van der Waals surface area contributed by atoms with Gasteiger partial charge < -0.3 is 11.1 Å². The maximum Gasteiger partial charge on any atom is 0.157 e. The highest BCUT2D eigenvalue weighted by Gasteiger charge is 2.18. The van der Waals surface area contributed by atoms with E-state index in [1.165, 1.54) is 6.20 Å². The molecule has 3 rings (SSSR count). The quantitative estimate of drug-likeness (QED) is 0.668. The smallest absolute Gasteiger partial charge is 0.157 e. The van der Waals surface area contributed by atoms with Crippen LogP contribution in [0.1, 0.15) is 25.7 Å². The molecule has 0 radical (unpaired) electrons. The lowest BCUT2D eigenvalue weighted by molar-refractivity contribution is -0.120. The first kappa shape index (κ1) is 16.0. The Balaban J connectivity index is 1.81. The van der Waals surface area contributed by atoms with Gasteiger partial charge in [0.15, 0.2) is 5.84 Å². The Labute approximate surface area is 140 Å². The van der Waals surface area contributed by atoms with Gasteiger partial charge in [-0.1, -0.05) is 24.8 Å². The summed E-state index contributed by atoms with van der Waals surface area (Å²) in [7, 11) is 0. The molecular formula is C18H21N5O. The van der Waals surface area contributed by atoms with E-state index in [1.807, 2.05) is 24.3 Å². The number of hydrogen-bond donors (Lipinski definition) is 2. The van der Waals surface area contributed by atoms with Crippen LogP contribution in [0.25, 0.3) is 10.9 Å². The van der Waals surface area contributed by atoms with Crippen LogP contribution < -0.4 is 11.1 Å². The summed E-state index contributed by atoms with van der Waals surface area (Å²) in [4.78, 5) is 15.9. The molecule has 2 aromatic rings. The SMILES string of the molecule is C=C(/N=C(\C=C/N)n1ncc2ccccc21)NC1CCC(=O)CC1. The monoisotopic (exact) mass is 323 g/mol. The summed E-state index contributed by atoms with van der Waals surface area (Å²) in [5.74, 6) is 1.46. The van der Waals surface area contributed by atoms with Gasteiger partial charge in [-0.05, 0) is 31.2 Å². The molecule has 1 aromatic heterocycles. The molecule has 1 aromatic carbocycles. The molecule has 1 saturated carbocycles. The minimum Gasteiger partial charge on any atom is -0.404 e. The van der Waals surface area contributed by atoms with Crippen LogP contribution in [0, 0.1) is 0 Å². The van der Waals surface area contributed by atoms with E-state index in [4.69, 9.17) is 5.73 Å². The predicted molar refractivity (Wildman–Crippen MR) is 95.4 cm³/mol. The Morgan fingerprint density at radius 2 is 2.12 bits per heavy atom. The zero-order chi connectivity index (χ0) is 16.9. The first-order valence-corrected chi connectivity index (χ1v) is 8.04. The minimum absolute atomic E-state index is 0.233. The molecule has 1 heterocycles. The average Bonchev–Trinajstić information content (AvgIpc) is 3.00. The number of aliphatic imine (C=N–C) groups is 1. The van der Waals surface area contributed by atoms with Crippen LogP contribution >= 0.6 is 0 Å². The molecular weight excluding hydrogens is 302 g/mol. The van der Waals surface area contributed by atoms with E-state index in [0.717, 1.165) is 23.7 Å². The number of benzene rings is 1. The minimum atomic E-state index is 0.233. The number of para-hydroxylation sites is 1. The van der Waals surface area contributed by atoms with Gasteiger partial charge in [0.25, 0.3) is 0 Å². The van der Waals surface area contributed by atoms with Crippen molar-refractivity contribution in [3.63, 3.8) is 0 Å². The number of allylic oxidation sites excluding steroid dienone is 1. The van der Waals surface area contributed by atoms with E-state index in [0.29, 0.717) is 30.3 Å². The van der Waals surface area contributed by atoms with Gasteiger partial charge in [0.05, 0.1) is 11.7 Å². The number of carbonyl (C=O) groups is 1. The molecule has 0 spiro atoms. The van der Waals surface area contributed by atoms with Crippen LogP contribution in [-0.2, 0) is 4.79 Å². The highest BCUT2D eigenvalue weighted by Crippen LogP contribution is 2.17. The van der Waals surface area contributed by atoms with E-state index in [-0.39, 0.29) is 6.04 Å². The Kier molecular flexibility index (Phi) is 4.74. The van der Waals surface area contributed by atoms with E-state index < -0.39 is 0 Å². The van der Waals surface area contributed by atoms with Gasteiger partial charge in [-0.2, -0.15) is 5.10 Å². The van der Waals surface area contributed by atoms with Crippen molar-refractivity contribution in [2.75, 3.05) is 0 Å². The fraction of sp³-hybridized carbons (Fsp3) is 0.278. The summed E-state index contributed by atoms with van der Waals surface area (Å²) in [6, 6.07) is 8.13. The third-order valence-electron chi connectivity index (χ3n) is 4.10. The van der Waals surface area contributed by atoms with Crippen molar-refractivity contribution in [2.45, 2.75) is 31.7 Å². The third-order valence-corrected chi connectivity index (χ3v) is 4.10. The highest BCUT2D eigenvalue weighted by atomic mass is 16.1. The first-order chi connectivity index (χ1) is 11.7. The van der Waals surface area contributed by atoms with Crippen LogP contribution in [0.15, 0.2) is 60.1 Å². The van der Waals surface area contributed by atoms with Crippen molar-refractivity contribution >= 4 is 22.5 Å². The summed E-state index contributed by atoms with van der Waals surface area (Å²) < 4.78 is 1.73. The molecule has 6 heteroatoms. The van der Waals surface area contributed by atoms with Gasteiger partial charge in [0, 0.05) is 24.3 Å². The topological polar surface area (TPSA) is 85.3 Å². The van der Waals surface area contributed by atoms with Crippen molar-refractivity contribution in [1.82, 2.24) is 15.1 Å². The second-order valence-electron chi connectivity index (χ2n) is 5.85. The Hall–Kier alpha value is -2.89. The Bertz CT molecular complexity index is 808. The summed E-state index contributed by atoms with van der Waals surface area (Å²) in [5.41, 5.74) is 6.51. The number of hydrogen-bond acceptors (Lipinski definition) is 5. The highest BCUT2D eigenvalue weighted by molar-refractivity contribution is 6.00. The maximum atomic E-state index is 11.3. The largest absolute Gasteiger partial charge is 0.404 e. The molecule has 1 aliphatic rings. The normalized spacial score (nSPS) is 16.8. The van der Waals surface area contributed by atoms with Gasteiger partial charge >= 0.3 is 0 Å². The van der Waals surface area contributed by atoms with E-state index in [2.05, 4.69) is 22.0 Å². The third kappa shape index (κ3) is 3.53. The molecule has 24 heavy (non-hydrogen) atoms. The van der Waals surface area contributed by atoms with Gasteiger partial charge in [-0.25, -0.2) is 9.67 Å². The van der Waals surface area contributed by atoms with E-state index in [9.17, 15) is 4.79 Å². The van der Waals surface area contributed by atoms with Crippen LogP contribution in [0.5, 0.6) is 0 Å². The van der Waals surface area contributed by atoms with Gasteiger partial charge in [-0.15, -0.1) is 0 Å². The Morgan fingerprint density at radius 3 is 2.88 bits per heavy atom.